The molecule has 3 heterocycles. The van der Waals surface area contributed by atoms with Crippen molar-refractivity contribution in [1.29, 1.82) is 0 Å². The highest BCUT2D eigenvalue weighted by atomic mass is 15.3. The van der Waals surface area contributed by atoms with Crippen molar-refractivity contribution in [3.05, 3.63) is 11.3 Å². The van der Waals surface area contributed by atoms with E-state index in [-0.39, 0.29) is 0 Å². The highest BCUT2D eigenvalue weighted by molar-refractivity contribution is 5.49. The lowest BCUT2D eigenvalue weighted by atomic mass is 10.2. The van der Waals surface area contributed by atoms with Gasteiger partial charge in [-0.15, -0.1) is 0 Å². The molecule has 0 radical (unpaired) electrons. The summed E-state index contributed by atoms with van der Waals surface area (Å²) in [5.41, 5.74) is 8.17. The van der Waals surface area contributed by atoms with E-state index in [1.165, 1.54) is 25.7 Å². The minimum atomic E-state index is 0.652. The minimum absolute atomic E-state index is 0.652. The molecule has 1 aromatic heterocycles. The van der Waals surface area contributed by atoms with Crippen LogP contribution in [0.1, 0.15) is 36.9 Å². The quantitative estimate of drug-likeness (QED) is 0.758. The van der Waals surface area contributed by atoms with Gasteiger partial charge in [0.1, 0.15) is 5.82 Å². The summed E-state index contributed by atoms with van der Waals surface area (Å²) < 4.78 is 0. The topological polar surface area (TPSA) is 67.1 Å². The van der Waals surface area contributed by atoms with E-state index in [9.17, 15) is 0 Å². The van der Waals surface area contributed by atoms with Crippen molar-refractivity contribution in [3.8, 4) is 0 Å². The first kappa shape index (κ1) is 10.8. The van der Waals surface area contributed by atoms with E-state index < -0.39 is 0 Å². The van der Waals surface area contributed by atoms with Gasteiger partial charge in [-0.3, -0.25) is 0 Å². The molecule has 2 aliphatic heterocycles. The van der Waals surface area contributed by atoms with Crippen LogP contribution in [-0.2, 0) is 13.1 Å². The summed E-state index contributed by atoms with van der Waals surface area (Å²) in [5.74, 6) is 1.48. The zero-order valence-electron chi connectivity index (χ0n) is 10.1. The zero-order valence-corrected chi connectivity index (χ0v) is 10.1. The average molecular weight is 233 g/mol. The van der Waals surface area contributed by atoms with Gasteiger partial charge in [0.15, 0.2) is 0 Å². The molecule has 92 valence electrons. The third-order valence-corrected chi connectivity index (χ3v) is 3.60. The molecule has 0 saturated carbocycles. The van der Waals surface area contributed by atoms with Gasteiger partial charge >= 0.3 is 0 Å². The van der Waals surface area contributed by atoms with Crippen LogP contribution in [0.25, 0.3) is 0 Å². The van der Waals surface area contributed by atoms with Crippen molar-refractivity contribution in [2.75, 3.05) is 23.7 Å². The molecule has 0 unspecified atom stereocenters. The molecule has 5 heteroatoms. The fourth-order valence-corrected chi connectivity index (χ4v) is 2.59. The zero-order chi connectivity index (χ0) is 11.7. The molecule has 0 amide bonds. The second-order valence-electron chi connectivity index (χ2n) is 4.84. The summed E-state index contributed by atoms with van der Waals surface area (Å²) in [6, 6.07) is 0. The molecule has 0 aliphatic carbocycles. The van der Waals surface area contributed by atoms with E-state index in [1.54, 1.807) is 0 Å². The normalized spacial score (nSPS) is 20.1. The van der Waals surface area contributed by atoms with Crippen LogP contribution in [0.3, 0.4) is 0 Å². The van der Waals surface area contributed by atoms with E-state index in [4.69, 9.17) is 5.73 Å². The average Bonchev–Trinajstić information content (AvgIpc) is 2.63. The maximum absolute atomic E-state index is 6.00. The van der Waals surface area contributed by atoms with E-state index in [2.05, 4.69) is 20.2 Å². The summed E-state index contributed by atoms with van der Waals surface area (Å²) in [6.07, 6.45) is 5.11. The van der Waals surface area contributed by atoms with Gasteiger partial charge in [0.25, 0.3) is 0 Å². The molecular formula is C12H19N5. The molecule has 17 heavy (non-hydrogen) atoms. The van der Waals surface area contributed by atoms with Crippen LogP contribution in [0.2, 0.25) is 0 Å². The SMILES string of the molecule is Nc1nc(N2CCCCCC2)nc2c1CNC2. The second-order valence-corrected chi connectivity index (χ2v) is 4.84. The van der Waals surface area contributed by atoms with Crippen molar-refractivity contribution >= 4 is 11.8 Å². The Bertz CT molecular complexity index is 410. The molecule has 1 saturated heterocycles. The lowest BCUT2D eigenvalue weighted by Crippen LogP contribution is -2.26. The Labute approximate surface area is 101 Å². The summed E-state index contributed by atoms with van der Waals surface area (Å²) in [5, 5.41) is 3.27. The molecule has 3 rings (SSSR count). The van der Waals surface area contributed by atoms with Gasteiger partial charge in [-0.25, -0.2) is 4.98 Å². The predicted octanol–water partition coefficient (Wildman–Crippen LogP) is 1.04. The van der Waals surface area contributed by atoms with Crippen LogP contribution in [0.15, 0.2) is 0 Å². The third kappa shape index (κ3) is 2.07. The highest BCUT2D eigenvalue weighted by Crippen LogP contribution is 2.23. The van der Waals surface area contributed by atoms with Gasteiger partial charge in [-0.1, -0.05) is 12.8 Å². The summed E-state index contributed by atoms with van der Waals surface area (Å²) in [6.45, 7) is 3.75. The Hall–Kier alpha value is -1.36. The van der Waals surface area contributed by atoms with Crippen molar-refractivity contribution in [1.82, 2.24) is 15.3 Å². The van der Waals surface area contributed by atoms with Crippen LogP contribution in [-0.4, -0.2) is 23.1 Å². The van der Waals surface area contributed by atoms with Gasteiger partial charge in [-0.05, 0) is 12.8 Å². The number of anilines is 2. The Morgan fingerprint density at radius 3 is 2.53 bits per heavy atom. The summed E-state index contributed by atoms with van der Waals surface area (Å²) in [7, 11) is 0. The standard InChI is InChI=1S/C12H19N5/c13-11-9-7-14-8-10(9)15-12(16-11)17-5-3-1-2-4-6-17/h14H,1-8H2,(H2,13,15,16). The fourth-order valence-electron chi connectivity index (χ4n) is 2.59. The van der Waals surface area contributed by atoms with E-state index in [0.717, 1.165) is 43.4 Å². The van der Waals surface area contributed by atoms with Gasteiger partial charge in [0, 0.05) is 31.7 Å². The van der Waals surface area contributed by atoms with Crippen LogP contribution in [0.5, 0.6) is 0 Å². The molecule has 5 nitrogen and oxygen atoms in total. The van der Waals surface area contributed by atoms with Crippen molar-refractivity contribution < 1.29 is 0 Å². The van der Waals surface area contributed by atoms with Gasteiger partial charge in [0.05, 0.1) is 5.69 Å². The number of fused-ring (bicyclic) bond motifs is 1. The third-order valence-electron chi connectivity index (χ3n) is 3.60. The molecule has 0 bridgehead atoms. The number of aromatic nitrogens is 2. The van der Waals surface area contributed by atoms with Crippen LogP contribution >= 0.6 is 0 Å². The highest BCUT2D eigenvalue weighted by Gasteiger charge is 2.20. The lowest BCUT2D eigenvalue weighted by Gasteiger charge is -2.21. The van der Waals surface area contributed by atoms with E-state index >= 15 is 0 Å². The first-order chi connectivity index (χ1) is 8.34. The summed E-state index contributed by atoms with van der Waals surface area (Å²) in [4.78, 5) is 11.4. The molecule has 0 spiro atoms. The molecule has 0 aromatic carbocycles. The van der Waals surface area contributed by atoms with Gasteiger partial charge < -0.3 is 16.0 Å². The Kier molecular flexibility index (Phi) is 2.84. The van der Waals surface area contributed by atoms with Crippen LogP contribution in [0.4, 0.5) is 11.8 Å². The maximum Gasteiger partial charge on any atom is 0.227 e. The number of nitrogens with one attached hydrogen (secondary N) is 1. The molecule has 3 N–H and O–H groups in total. The smallest absolute Gasteiger partial charge is 0.227 e. The van der Waals surface area contributed by atoms with Crippen molar-refractivity contribution in [2.24, 2.45) is 0 Å². The largest absolute Gasteiger partial charge is 0.383 e. The number of nitrogens with two attached hydrogens (primary N) is 1. The van der Waals surface area contributed by atoms with E-state index in [1.807, 2.05) is 0 Å². The number of rotatable bonds is 1. The lowest BCUT2D eigenvalue weighted by molar-refractivity contribution is 0.726. The second kappa shape index (κ2) is 4.49. The number of nitrogen functional groups attached to an aromatic ring is 1. The number of hydrogen-bond acceptors (Lipinski definition) is 5. The molecule has 1 fully saturated rings. The molecular weight excluding hydrogens is 214 g/mol. The minimum Gasteiger partial charge on any atom is -0.383 e. The van der Waals surface area contributed by atoms with Gasteiger partial charge in [0.2, 0.25) is 5.95 Å². The van der Waals surface area contributed by atoms with Crippen molar-refractivity contribution in [2.45, 2.75) is 38.8 Å². The Morgan fingerprint density at radius 1 is 1.00 bits per heavy atom. The van der Waals surface area contributed by atoms with Gasteiger partial charge in [-0.2, -0.15) is 4.98 Å². The molecule has 1 aromatic rings. The first-order valence-corrected chi connectivity index (χ1v) is 6.45. The first-order valence-electron chi connectivity index (χ1n) is 6.45. The Morgan fingerprint density at radius 2 is 1.76 bits per heavy atom. The molecule has 2 aliphatic rings. The van der Waals surface area contributed by atoms with E-state index in [0.29, 0.717) is 5.82 Å². The monoisotopic (exact) mass is 233 g/mol. The summed E-state index contributed by atoms with van der Waals surface area (Å²) >= 11 is 0. The Balaban J connectivity index is 1.89. The predicted molar refractivity (Wildman–Crippen MR) is 67.7 cm³/mol. The number of hydrogen-bond donors (Lipinski definition) is 2. The van der Waals surface area contributed by atoms with Crippen molar-refractivity contribution in [3.63, 3.8) is 0 Å². The number of nitrogens with zero attached hydrogens (tertiary/aromatic N) is 3. The van der Waals surface area contributed by atoms with Crippen LogP contribution < -0.4 is 16.0 Å². The fraction of sp³-hybridized carbons (Fsp3) is 0.667. The van der Waals surface area contributed by atoms with Crippen LogP contribution in [0, 0.1) is 0 Å². The maximum atomic E-state index is 6.00. The molecule has 0 atom stereocenters.